The summed E-state index contributed by atoms with van der Waals surface area (Å²) in [6.45, 7) is -0.512. The normalized spacial score (nSPS) is 16.6. The summed E-state index contributed by atoms with van der Waals surface area (Å²) in [7, 11) is 0. The van der Waals surface area contributed by atoms with Gasteiger partial charge in [-0.25, -0.2) is 10.0 Å². The molecule has 1 atom stereocenters. The molecule has 0 amide bonds. The maximum Gasteiger partial charge on any atom is 0.387 e. The van der Waals surface area contributed by atoms with Crippen LogP contribution in [0.3, 0.4) is 0 Å². The van der Waals surface area contributed by atoms with Crippen LogP contribution in [-0.2, 0) is 0 Å². The van der Waals surface area contributed by atoms with Crippen LogP contribution in [-0.4, -0.2) is 29.8 Å². The highest BCUT2D eigenvalue weighted by atomic mass is 35.5. The van der Waals surface area contributed by atoms with Gasteiger partial charge in [-0.2, -0.15) is 19.1 Å². The van der Waals surface area contributed by atoms with E-state index in [-0.39, 0.29) is 17.6 Å². The molecule has 6 nitrogen and oxygen atoms in total. The molecule has 0 bridgehead atoms. The molecule has 0 fully saturated rings. The molecule has 0 saturated carbocycles. The number of alkyl halides is 2. The van der Waals surface area contributed by atoms with Gasteiger partial charge in [0.2, 0.25) is 5.96 Å². The summed E-state index contributed by atoms with van der Waals surface area (Å²) >= 11 is 12.1. The Hall–Kier alpha value is -2.89. The van der Waals surface area contributed by atoms with Crippen LogP contribution in [0.15, 0.2) is 52.6 Å². The van der Waals surface area contributed by atoms with Gasteiger partial charge in [0.05, 0.1) is 28.0 Å². The fraction of sp³-hybridized carbons (Fsp3) is 0.211. The molecule has 0 spiro atoms. The average molecular weight is 438 g/mol. The van der Waals surface area contributed by atoms with Gasteiger partial charge in [-0.1, -0.05) is 42.3 Å². The summed E-state index contributed by atoms with van der Waals surface area (Å²) in [5, 5.41) is 18.5. The van der Waals surface area contributed by atoms with Crippen molar-refractivity contribution in [3.05, 3.63) is 58.1 Å². The van der Waals surface area contributed by atoms with Crippen molar-refractivity contribution < 1.29 is 13.5 Å². The van der Waals surface area contributed by atoms with E-state index in [4.69, 9.17) is 28.5 Å². The lowest BCUT2D eigenvalue weighted by atomic mass is 9.99. The van der Waals surface area contributed by atoms with Gasteiger partial charge in [-0.05, 0) is 29.8 Å². The van der Waals surface area contributed by atoms with Crippen LogP contribution < -0.4 is 10.1 Å². The monoisotopic (exact) mass is 437 g/mol. The number of hydrogen-bond acceptors (Lipinski definition) is 4. The van der Waals surface area contributed by atoms with Gasteiger partial charge in [0.1, 0.15) is 5.75 Å². The third-order valence-corrected chi connectivity index (χ3v) is 4.79. The third-order valence-electron chi connectivity index (χ3n) is 4.05. The van der Waals surface area contributed by atoms with E-state index in [9.17, 15) is 8.78 Å². The molecule has 2 aromatic carbocycles. The van der Waals surface area contributed by atoms with Crippen molar-refractivity contribution in [2.75, 3.05) is 6.54 Å². The van der Waals surface area contributed by atoms with Crippen molar-refractivity contribution in [1.82, 2.24) is 10.3 Å². The molecule has 0 aromatic heterocycles. The quantitative estimate of drug-likeness (QED) is 0.315. The Morgan fingerprint density at radius 2 is 2.10 bits per heavy atom. The zero-order valence-corrected chi connectivity index (χ0v) is 16.6. The number of benzene rings is 2. The standard InChI is InChI=1S/C19H15Cl2F2N5O/c1-11-9-28(27-17(11)12-5-6-15(20)16(21)7-12)19(25-10-24)26-13-3-2-4-14(8-13)29-18(22)23/h2-8,11,18H,9H2,1H3,(H,25,26). The molecule has 10 heteroatoms. The topological polar surface area (TPSA) is 73.0 Å². The first-order chi connectivity index (χ1) is 13.9. The van der Waals surface area contributed by atoms with Crippen LogP contribution in [0.5, 0.6) is 5.75 Å². The van der Waals surface area contributed by atoms with E-state index in [2.05, 4.69) is 20.1 Å². The number of ether oxygens (including phenoxy) is 1. The van der Waals surface area contributed by atoms with Crippen LogP contribution in [0, 0.1) is 17.4 Å². The molecule has 1 aliphatic rings. The lowest BCUT2D eigenvalue weighted by Gasteiger charge is -2.15. The highest BCUT2D eigenvalue weighted by molar-refractivity contribution is 6.42. The van der Waals surface area contributed by atoms with Crippen molar-refractivity contribution in [3.63, 3.8) is 0 Å². The fourth-order valence-electron chi connectivity index (χ4n) is 2.80. The van der Waals surface area contributed by atoms with Gasteiger partial charge < -0.3 is 4.74 Å². The van der Waals surface area contributed by atoms with Gasteiger partial charge >= 0.3 is 6.61 Å². The van der Waals surface area contributed by atoms with Crippen molar-refractivity contribution in [2.45, 2.75) is 13.5 Å². The molecule has 0 saturated heterocycles. The average Bonchev–Trinajstić information content (AvgIpc) is 3.05. The van der Waals surface area contributed by atoms with E-state index >= 15 is 0 Å². The Bertz CT molecular complexity index is 1010. The molecule has 1 heterocycles. The van der Waals surface area contributed by atoms with Gasteiger partial charge in [0, 0.05) is 12.0 Å². The van der Waals surface area contributed by atoms with Gasteiger partial charge in [0.15, 0.2) is 6.19 Å². The Balaban J connectivity index is 1.91. The number of aliphatic imine (C=N–C) groups is 1. The number of nitrogens with one attached hydrogen (secondary N) is 1. The van der Waals surface area contributed by atoms with Crippen LogP contribution in [0.4, 0.5) is 14.5 Å². The Morgan fingerprint density at radius 1 is 1.31 bits per heavy atom. The SMILES string of the molecule is CC1CN(C(=Nc2cccc(OC(F)F)c2)NC#N)N=C1c1ccc(Cl)c(Cl)c1. The highest BCUT2D eigenvalue weighted by Gasteiger charge is 2.27. The summed E-state index contributed by atoms with van der Waals surface area (Å²) in [5.41, 5.74) is 1.88. The molecule has 0 aliphatic carbocycles. The molecule has 2 aromatic rings. The number of nitrogens with zero attached hydrogens (tertiary/aromatic N) is 4. The Morgan fingerprint density at radius 3 is 2.79 bits per heavy atom. The number of hydrogen-bond donors (Lipinski definition) is 1. The van der Waals surface area contributed by atoms with E-state index in [1.165, 1.54) is 23.2 Å². The van der Waals surface area contributed by atoms with Crippen LogP contribution in [0.25, 0.3) is 0 Å². The third kappa shape index (κ3) is 5.13. The molecule has 3 rings (SSSR count). The number of nitriles is 1. The van der Waals surface area contributed by atoms with Crippen molar-refractivity contribution >= 4 is 40.6 Å². The van der Waals surface area contributed by atoms with Crippen molar-refractivity contribution in [1.29, 1.82) is 5.26 Å². The minimum absolute atomic E-state index is 0.0198. The summed E-state index contributed by atoms with van der Waals surface area (Å²) in [6, 6.07) is 11.1. The Kier molecular flexibility index (Phi) is 6.52. The van der Waals surface area contributed by atoms with Crippen LogP contribution >= 0.6 is 23.2 Å². The van der Waals surface area contributed by atoms with Gasteiger partial charge in [-0.15, -0.1) is 0 Å². The van der Waals surface area contributed by atoms with E-state index in [1.54, 1.807) is 18.2 Å². The lowest BCUT2D eigenvalue weighted by molar-refractivity contribution is -0.0498. The predicted molar refractivity (Wildman–Crippen MR) is 108 cm³/mol. The number of guanidine groups is 1. The largest absolute Gasteiger partial charge is 0.435 e. The minimum Gasteiger partial charge on any atom is -0.435 e. The second kappa shape index (κ2) is 9.07. The molecule has 0 radical (unpaired) electrons. The van der Waals surface area contributed by atoms with E-state index in [0.29, 0.717) is 22.3 Å². The maximum absolute atomic E-state index is 12.4. The highest BCUT2D eigenvalue weighted by Crippen LogP contribution is 2.27. The smallest absolute Gasteiger partial charge is 0.387 e. The summed E-state index contributed by atoms with van der Waals surface area (Å²) in [6.07, 6.45) is 1.82. The zero-order chi connectivity index (χ0) is 21.0. The van der Waals surface area contributed by atoms with E-state index in [1.807, 2.05) is 19.2 Å². The zero-order valence-electron chi connectivity index (χ0n) is 15.1. The predicted octanol–water partition coefficient (Wildman–Crippen LogP) is 5.01. The first-order valence-corrected chi connectivity index (χ1v) is 9.23. The first kappa shape index (κ1) is 20.8. The molecular formula is C19H15Cl2F2N5O. The van der Waals surface area contributed by atoms with Gasteiger partial charge in [0.25, 0.3) is 0 Å². The maximum atomic E-state index is 12.4. The van der Waals surface area contributed by atoms with Crippen molar-refractivity contribution in [3.8, 4) is 11.9 Å². The molecular weight excluding hydrogens is 423 g/mol. The first-order valence-electron chi connectivity index (χ1n) is 8.47. The second-order valence-electron chi connectivity index (χ2n) is 6.15. The fourth-order valence-corrected chi connectivity index (χ4v) is 3.10. The Labute approximate surface area is 176 Å². The van der Waals surface area contributed by atoms with E-state index < -0.39 is 6.61 Å². The summed E-state index contributed by atoms with van der Waals surface area (Å²) in [4.78, 5) is 4.32. The number of hydrazone groups is 1. The number of rotatable bonds is 4. The minimum atomic E-state index is -2.94. The van der Waals surface area contributed by atoms with Gasteiger partial charge in [-0.3, -0.25) is 5.32 Å². The molecule has 29 heavy (non-hydrogen) atoms. The second-order valence-corrected chi connectivity index (χ2v) is 6.96. The molecule has 1 unspecified atom stereocenters. The van der Waals surface area contributed by atoms with Crippen molar-refractivity contribution in [2.24, 2.45) is 16.0 Å². The van der Waals surface area contributed by atoms with Crippen LogP contribution in [0.1, 0.15) is 12.5 Å². The summed E-state index contributed by atoms with van der Waals surface area (Å²) in [5.74, 6) is 0.141. The van der Waals surface area contributed by atoms with Crippen LogP contribution in [0.2, 0.25) is 10.0 Å². The van der Waals surface area contributed by atoms with E-state index in [0.717, 1.165) is 11.3 Å². The molecule has 1 N–H and O–H groups in total. The molecule has 150 valence electrons. The number of halogens is 4. The lowest BCUT2D eigenvalue weighted by Crippen LogP contribution is -2.35. The summed E-state index contributed by atoms with van der Waals surface area (Å²) < 4.78 is 29.2. The molecule has 1 aliphatic heterocycles.